The molecule has 9 heteroatoms. The molecule has 7 nitrogen and oxygen atoms in total. The number of aliphatic carboxylic acids is 1. The van der Waals surface area contributed by atoms with Gasteiger partial charge in [0.1, 0.15) is 18.3 Å². The van der Waals surface area contributed by atoms with Crippen molar-refractivity contribution in [3.05, 3.63) is 35.9 Å². The van der Waals surface area contributed by atoms with Gasteiger partial charge in [-0.25, -0.2) is 9.67 Å². The molecule has 0 aliphatic rings. The van der Waals surface area contributed by atoms with E-state index in [0.29, 0.717) is 16.4 Å². The Labute approximate surface area is 129 Å². The lowest BCUT2D eigenvalue weighted by atomic mass is 10.2. The molecule has 0 spiro atoms. The highest BCUT2D eigenvalue weighted by molar-refractivity contribution is 8.00. The number of thioether (sulfide) groups is 1. The second-order valence-corrected chi connectivity index (χ2v) is 5.30. The molecule has 1 heterocycles. The van der Waals surface area contributed by atoms with Crippen molar-refractivity contribution in [2.75, 3.05) is 16.8 Å². The number of amides is 1. The van der Waals surface area contributed by atoms with Crippen molar-refractivity contribution >= 4 is 40.9 Å². The van der Waals surface area contributed by atoms with Crippen molar-refractivity contribution in [3.63, 3.8) is 0 Å². The summed E-state index contributed by atoms with van der Waals surface area (Å²) in [5.74, 6) is -1.36. The van der Waals surface area contributed by atoms with Crippen LogP contribution < -0.4 is 5.32 Å². The monoisotopic (exact) mass is 326 g/mol. The Balaban J connectivity index is 2.12. The van der Waals surface area contributed by atoms with E-state index >= 15 is 0 Å². The largest absolute Gasteiger partial charge is 0.481 e. The predicted octanol–water partition coefficient (Wildman–Crippen LogP) is 1.68. The molecule has 0 unspecified atom stereocenters. The summed E-state index contributed by atoms with van der Waals surface area (Å²) in [4.78, 5) is 26.1. The summed E-state index contributed by atoms with van der Waals surface area (Å²) in [6.45, 7) is 0. The second kappa shape index (κ2) is 7.09. The maximum absolute atomic E-state index is 11.8. The zero-order valence-electron chi connectivity index (χ0n) is 10.7. The Kier molecular flexibility index (Phi) is 5.18. The summed E-state index contributed by atoms with van der Waals surface area (Å²) in [5, 5.41) is 15.6. The Bertz CT molecular complexity index is 648. The fraction of sp³-hybridized carbons (Fsp3) is 0.167. The summed E-state index contributed by atoms with van der Waals surface area (Å²) >= 11 is 7.14. The first-order valence-corrected chi connectivity index (χ1v) is 7.34. The smallest absolute Gasteiger partial charge is 0.313 e. The van der Waals surface area contributed by atoms with Crippen LogP contribution in [-0.4, -0.2) is 43.3 Å². The number of carboxylic acids is 1. The van der Waals surface area contributed by atoms with Gasteiger partial charge in [0, 0.05) is 0 Å². The molecule has 0 radical (unpaired) electrons. The standard InChI is InChI=1S/C12H11ClN4O3S/c13-8-2-1-3-9(12(8)17-7-14-6-15-17)16-10(18)4-21-5-11(19)20/h1-3,6-7H,4-5H2,(H,16,18)(H,19,20). The van der Waals surface area contributed by atoms with Gasteiger partial charge in [0.05, 0.1) is 22.2 Å². The third-order valence-electron chi connectivity index (χ3n) is 2.37. The third-order valence-corrected chi connectivity index (χ3v) is 3.59. The van der Waals surface area contributed by atoms with Crippen LogP contribution in [0.15, 0.2) is 30.9 Å². The average Bonchev–Trinajstić information content (AvgIpc) is 2.92. The molecule has 1 aromatic heterocycles. The van der Waals surface area contributed by atoms with E-state index in [9.17, 15) is 9.59 Å². The van der Waals surface area contributed by atoms with Crippen molar-refractivity contribution in [2.24, 2.45) is 0 Å². The number of para-hydroxylation sites is 1. The van der Waals surface area contributed by atoms with Gasteiger partial charge in [0.25, 0.3) is 0 Å². The summed E-state index contributed by atoms with van der Waals surface area (Å²) in [7, 11) is 0. The second-order valence-electron chi connectivity index (χ2n) is 3.91. The number of carbonyl (C=O) groups excluding carboxylic acids is 1. The molecule has 1 aromatic carbocycles. The van der Waals surface area contributed by atoms with Gasteiger partial charge in [-0.1, -0.05) is 17.7 Å². The van der Waals surface area contributed by atoms with Gasteiger partial charge in [0.2, 0.25) is 5.91 Å². The van der Waals surface area contributed by atoms with Crippen LogP contribution in [-0.2, 0) is 9.59 Å². The highest BCUT2D eigenvalue weighted by Crippen LogP contribution is 2.27. The predicted molar refractivity (Wildman–Crippen MR) is 80.0 cm³/mol. The number of aromatic nitrogens is 3. The van der Waals surface area contributed by atoms with Crippen molar-refractivity contribution < 1.29 is 14.7 Å². The molecule has 0 fully saturated rings. The number of anilines is 1. The fourth-order valence-corrected chi connectivity index (χ4v) is 2.39. The summed E-state index contributed by atoms with van der Waals surface area (Å²) in [6, 6.07) is 5.05. The molecule has 21 heavy (non-hydrogen) atoms. The molecule has 0 saturated heterocycles. The summed E-state index contributed by atoms with van der Waals surface area (Å²) < 4.78 is 1.45. The highest BCUT2D eigenvalue weighted by atomic mass is 35.5. The molecular formula is C12H11ClN4O3S. The zero-order valence-corrected chi connectivity index (χ0v) is 12.3. The Morgan fingerprint density at radius 2 is 2.19 bits per heavy atom. The average molecular weight is 327 g/mol. The normalized spacial score (nSPS) is 10.3. The van der Waals surface area contributed by atoms with E-state index in [-0.39, 0.29) is 17.4 Å². The van der Waals surface area contributed by atoms with E-state index in [1.807, 2.05) is 0 Å². The zero-order chi connectivity index (χ0) is 15.2. The SMILES string of the molecule is O=C(O)CSCC(=O)Nc1cccc(Cl)c1-n1cncn1. The van der Waals surface area contributed by atoms with Crippen LogP contribution >= 0.6 is 23.4 Å². The van der Waals surface area contributed by atoms with Crippen LogP contribution in [0.3, 0.4) is 0 Å². The van der Waals surface area contributed by atoms with Crippen LogP contribution in [0.1, 0.15) is 0 Å². The number of hydrogen-bond donors (Lipinski definition) is 2. The maximum atomic E-state index is 11.8. The number of carbonyl (C=O) groups is 2. The van der Waals surface area contributed by atoms with E-state index in [0.717, 1.165) is 11.8 Å². The number of carboxylic acid groups (broad SMARTS) is 1. The van der Waals surface area contributed by atoms with Crippen LogP contribution in [0.25, 0.3) is 5.69 Å². The highest BCUT2D eigenvalue weighted by Gasteiger charge is 2.13. The van der Waals surface area contributed by atoms with Gasteiger partial charge in [-0.3, -0.25) is 9.59 Å². The van der Waals surface area contributed by atoms with Crippen LogP contribution in [0.5, 0.6) is 0 Å². The van der Waals surface area contributed by atoms with E-state index in [1.165, 1.54) is 17.3 Å². The van der Waals surface area contributed by atoms with Crippen LogP contribution in [0.4, 0.5) is 5.69 Å². The summed E-state index contributed by atoms with van der Waals surface area (Å²) in [6.07, 6.45) is 2.83. The number of nitrogens with one attached hydrogen (secondary N) is 1. The Morgan fingerprint density at radius 3 is 2.86 bits per heavy atom. The van der Waals surface area contributed by atoms with Crippen LogP contribution in [0.2, 0.25) is 5.02 Å². The molecule has 2 rings (SSSR count). The molecule has 2 aromatic rings. The molecule has 0 saturated carbocycles. The lowest BCUT2D eigenvalue weighted by Crippen LogP contribution is -2.17. The minimum Gasteiger partial charge on any atom is -0.481 e. The first kappa shape index (κ1) is 15.3. The third kappa shape index (κ3) is 4.20. The minimum atomic E-state index is -0.959. The van der Waals surface area contributed by atoms with E-state index in [1.54, 1.807) is 18.2 Å². The van der Waals surface area contributed by atoms with Crippen molar-refractivity contribution in [1.29, 1.82) is 0 Å². The van der Waals surface area contributed by atoms with Crippen LogP contribution in [0, 0.1) is 0 Å². The van der Waals surface area contributed by atoms with Crippen molar-refractivity contribution in [2.45, 2.75) is 0 Å². The molecule has 2 N–H and O–H groups in total. The van der Waals surface area contributed by atoms with Gasteiger partial charge in [-0.2, -0.15) is 5.10 Å². The molecule has 1 amide bonds. The van der Waals surface area contributed by atoms with Gasteiger partial charge >= 0.3 is 5.97 Å². The number of nitrogens with zero attached hydrogens (tertiary/aromatic N) is 3. The number of rotatable bonds is 6. The first-order chi connectivity index (χ1) is 10.1. The van der Waals surface area contributed by atoms with Crippen molar-refractivity contribution in [3.8, 4) is 5.69 Å². The van der Waals surface area contributed by atoms with E-state index in [2.05, 4.69) is 15.4 Å². The van der Waals surface area contributed by atoms with E-state index < -0.39 is 5.97 Å². The van der Waals surface area contributed by atoms with Gasteiger partial charge < -0.3 is 10.4 Å². The number of benzene rings is 1. The number of hydrogen-bond acceptors (Lipinski definition) is 5. The molecule has 110 valence electrons. The lowest BCUT2D eigenvalue weighted by Gasteiger charge is -2.12. The summed E-state index contributed by atoms with van der Waals surface area (Å²) in [5.41, 5.74) is 0.988. The fourth-order valence-electron chi connectivity index (χ4n) is 1.59. The molecule has 0 aliphatic carbocycles. The Morgan fingerprint density at radius 1 is 1.38 bits per heavy atom. The van der Waals surface area contributed by atoms with E-state index in [4.69, 9.17) is 16.7 Å². The molecular weight excluding hydrogens is 316 g/mol. The quantitative estimate of drug-likeness (QED) is 0.838. The van der Waals surface area contributed by atoms with Gasteiger partial charge in [-0.05, 0) is 12.1 Å². The minimum absolute atomic E-state index is 0.0373. The molecule has 0 atom stereocenters. The lowest BCUT2D eigenvalue weighted by molar-refractivity contribution is -0.133. The van der Waals surface area contributed by atoms with Crippen molar-refractivity contribution in [1.82, 2.24) is 14.8 Å². The van der Waals surface area contributed by atoms with Gasteiger partial charge in [0.15, 0.2) is 0 Å². The Hall–Kier alpha value is -2.06. The topological polar surface area (TPSA) is 97.1 Å². The molecule has 0 bridgehead atoms. The van der Waals surface area contributed by atoms with Gasteiger partial charge in [-0.15, -0.1) is 11.8 Å². The maximum Gasteiger partial charge on any atom is 0.313 e. The first-order valence-electron chi connectivity index (χ1n) is 5.81. The number of halogens is 1. The molecule has 0 aliphatic heterocycles.